The molecule has 1 aromatic rings. The second-order valence-electron chi connectivity index (χ2n) is 4.00. The molecule has 0 aromatic carbocycles. The zero-order valence-electron chi connectivity index (χ0n) is 11.5. The fourth-order valence-corrected chi connectivity index (χ4v) is 1.36. The maximum Gasteiger partial charge on any atom is 0.358 e. The second kappa shape index (κ2) is 8.39. The van der Waals surface area contributed by atoms with E-state index in [4.69, 9.17) is 4.74 Å². The first-order chi connectivity index (χ1) is 9.17. The van der Waals surface area contributed by atoms with Gasteiger partial charge in [0.15, 0.2) is 5.69 Å². The molecule has 0 bridgehead atoms. The van der Waals surface area contributed by atoms with Gasteiger partial charge in [-0.25, -0.2) is 14.8 Å². The van der Waals surface area contributed by atoms with Gasteiger partial charge < -0.3 is 19.7 Å². The Bertz CT molecular complexity index is 383. The lowest BCUT2D eigenvalue weighted by atomic mass is 10.4. The Morgan fingerprint density at radius 1 is 1.32 bits per heavy atom. The molecule has 0 spiro atoms. The Balaban J connectivity index is 2.32. The number of hydrogen-bond acceptors (Lipinski definition) is 7. The molecule has 0 amide bonds. The molecule has 0 radical (unpaired) electrons. The molecule has 0 unspecified atom stereocenters. The molecule has 0 fully saturated rings. The summed E-state index contributed by atoms with van der Waals surface area (Å²) >= 11 is 0. The molecule has 1 rings (SSSR count). The highest BCUT2D eigenvalue weighted by molar-refractivity contribution is 5.86. The summed E-state index contributed by atoms with van der Waals surface area (Å²) in [6, 6.07) is 0. The summed E-state index contributed by atoms with van der Waals surface area (Å²) < 4.78 is 9.54. The molecular weight excluding hydrogens is 248 g/mol. The van der Waals surface area contributed by atoms with Crippen LogP contribution in [-0.2, 0) is 9.47 Å². The number of likely N-dealkylation sites (N-methyl/N-ethyl adjacent to an activating group) is 1. The van der Waals surface area contributed by atoms with E-state index in [0.29, 0.717) is 12.4 Å². The molecule has 7 heteroatoms. The lowest BCUT2D eigenvalue weighted by Gasteiger charge is -2.16. The molecular formula is C12H20N4O3. The number of esters is 1. The van der Waals surface area contributed by atoms with Gasteiger partial charge in [-0.3, -0.25) is 0 Å². The van der Waals surface area contributed by atoms with E-state index in [0.717, 1.165) is 19.6 Å². The third-order valence-electron chi connectivity index (χ3n) is 2.52. The van der Waals surface area contributed by atoms with Crippen LogP contribution in [0.3, 0.4) is 0 Å². The third-order valence-corrected chi connectivity index (χ3v) is 2.52. The zero-order valence-corrected chi connectivity index (χ0v) is 11.5. The minimum atomic E-state index is -0.488. The number of carbonyl (C=O) groups is 1. The standard InChI is InChI=1S/C12H20N4O3/c1-16(6-7-18-2)5-4-13-11-9-14-10(8-15-11)12(17)19-3/h8-9H,4-7H2,1-3H3,(H,13,15). The van der Waals surface area contributed by atoms with Gasteiger partial charge in [-0.2, -0.15) is 0 Å². The van der Waals surface area contributed by atoms with Crippen LogP contribution in [0.4, 0.5) is 5.82 Å². The normalized spacial score (nSPS) is 10.5. The maximum atomic E-state index is 11.2. The zero-order chi connectivity index (χ0) is 14.1. The number of anilines is 1. The van der Waals surface area contributed by atoms with Crippen molar-refractivity contribution >= 4 is 11.8 Å². The van der Waals surface area contributed by atoms with Gasteiger partial charge in [-0.15, -0.1) is 0 Å². The second-order valence-corrected chi connectivity index (χ2v) is 4.00. The number of carbonyl (C=O) groups excluding carboxylic acids is 1. The fraction of sp³-hybridized carbons (Fsp3) is 0.583. The van der Waals surface area contributed by atoms with E-state index >= 15 is 0 Å². The summed E-state index contributed by atoms with van der Waals surface area (Å²) in [4.78, 5) is 21.4. The summed E-state index contributed by atoms with van der Waals surface area (Å²) in [5.41, 5.74) is 0.199. The predicted octanol–water partition coefficient (Wildman–Crippen LogP) is 0.253. The van der Waals surface area contributed by atoms with E-state index in [9.17, 15) is 4.79 Å². The molecule has 0 atom stereocenters. The minimum absolute atomic E-state index is 0.199. The Hall–Kier alpha value is -1.73. The van der Waals surface area contributed by atoms with Crippen molar-refractivity contribution in [1.29, 1.82) is 0 Å². The first kappa shape index (κ1) is 15.3. The number of nitrogens with zero attached hydrogens (tertiary/aromatic N) is 3. The molecule has 0 aliphatic rings. The van der Waals surface area contributed by atoms with E-state index in [1.807, 2.05) is 7.05 Å². The molecule has 0 saturated heterocycles. The average Bonchev–Trinajstić information content (AvgIpc) is 2.45. The van der Waals surface area contributed by atoms with Crippen molar-refractivity contribution in [3.63, 3.8) is 0 Å². The van der Waals surface area contributed by atoms with Crippen molar-refractivity contribution in [2.75, 3.05) is 52.8 Å². The van der Waals surface area contributed by atoms with Crippen LogP contribution in [0.15, 0.2) is 12.4 Å². The quantitative estimate of drug-likeness (QED) is 0.677. The van der Waals surface area contributed by atoms with E-state index in [2.05, 4.69) is 24.9 Å². The monoisotopic (exact) mass is 268 g/mol. The lowest BCUT2D eigenvalue weighted by molar-refractivity contribution is 0.0593. The topological polar surface area (TPSA) is 76.6 Å². The van der Waals surface area contributed by atoms with Crippen LogP contribution in [0, 0.1) is 0 Å². The Labute approximate surface area is 112 Å². The summed E-state index contributed by atoms with van der Waals surface area (Å²) in [5.74, 6) is 0.145. The van der Waals surface area contributed by atoms with Gasteiger partial charge in [-0.1, -0.05) is 0 Å². The largest absolute Gasteiger partial charge is 0.464 e. The molecule has 106 valence electrons. The highest BCUT2D eigenvalue weighted by Crippen LogP contribution is 2.01. The first-order valence-corrected chi connectivity index (χ1v) is 5.99. The van der Waals surface area contributed by atoms with Crippen LogP contribution in [0.2, 0.25) is 0 Å². The van der Waals surface area contributed by atoms with Gasteiger partial charge in [0.25, 0.3) is 0 Å². The summed E-state index contributed by atoms with van der Waals surface area (Å²) in [5, 5.41) is 3.13. The lowest BCUT2D eigenvalue weighted by Crippen LogP contribution is -2.28. The van der Waals surface area contributed by atoms with Crippen LogP contribution in [0.5, 0.6) is 0 Å². The first-order valence-electron chi connectivity index (χ1n) is 5.99. The molecule has 0 aliphatic carbocycles. The van der Waals surface area contributed by atoms with Crippen LogP contribution in [0.1, 0.15) is 10.5 Å². The maximum absolute atomic E-state index is 11.2. The van der Waals surface area contributed by atoms with E-state index in [-0.39, 0.29) is 5.69 Å². The van der Waals surface area contributed by atoms with Crippen molar-refractivity contribution in [1.82, 2.24) is 14.9 Å². The van der Waals surface area contributed by atoms with Gasteiger partial charge in [0.1, 0.15) is 5.82 Å². The average molecular weight is 268 g/mol. The Morgan fingerprint density at radius 2 is 2.11 bits per heavy atom. The summed E-state index contributed by atoms with van der Waals surface area (Å²) in [6.07, 6.45) is 2.91. The third kappa shape index (κ3) is 5.62. The minimum Gasteiger partial charge on any atom is -0.464 e. The van der Waals surface area contributed by atoms with E-state index in [1.165, 1.54) is 19.5 Å². The number of aromatic nitrogens is 2. The molecule has 0 aliphatic heterocycles. The van der Waals surface area contributed by atoms with Gasteiger partial charge in [0.2, 0.25) is 0 Å². The van der Waals surface area contributed by atoms with E-state index in [1.54, 1.807) is 7.11 Å². The molecule has 19 heavy (non-hydrogen) atoms. The van der Waals surface area contributed by atoms with Gasteiger partial charge in [0.05, 0.1) is 26.1 Å². The Kier molecular flexibility index (Phi) is 6.76. The predicted molar refractivity (Wildman–Crippen MR) is 71.2 cm³/mol. The van der Waals surface area contributed by atoms with Gasteiger partial charge in [0, 0.05) is 26.7 Å². The van der Waals surface area contributed by atoms with Gasteiger partial charge >= 0.3 is 5.97 Å². The summed E-state index contributed by atoms with van der Waals surface area (Å²) in [6.45, 7) is 3.20. The number of nitrogens with one attached hydrogen (secondary N) is 1. The highest BCUT2D eigenvalue weighted by Gasteiger charge is 2.07. The van der Waals surface area contributed by atoms with Gasteiger partial charge in [-0.05, 0) is 7.05 Å². The number of rotatable bonds is 8. The van der Waals surface area contributed by atoms with Crippen molar-refractivity contribution in [3.8, 4) is 0 Å². The van der Waals surface area contributed by atoms with Crippen molar-refractivity contribution in [3.05, 3.63) is 18.1 Å². The molecule has 7 nitrogen and oxygen atoms in total. The number of ether oxygens (including phenoxy) is 2. The van der Waals surface area contributed by atoms with Crippen molar-refractivity contribution in [2.45, 2.75) is 0 Å². The SMILES string of the molecule is COCCN(C)CCNc1cnc(C(=O)OC)cn1. The summed E-state index contributed by atoms with van der Waals surface area (Å²) in [7, 11) is 5.02. The molecule has 1 heterocycles. The van der Waals surface area contributed by atoms with Crippen molar-refractivity contribution < 1.29 is 14.3 Å². The Morgan fingerprint density at radius 3 is 2.68 bits per heavy atom. The molecule has 0 saturated carbocycles. The number of hydrogen-bond donors (Lipinski definition) is 1. The fourth-order valence-electron chi connectivity index (χ4n) is 1.36. The van der Waals surface area contributed by atoms with Crippen LogP contribution in [-0.4, -0.2) is 68.3 Å². The van der Waals surface area contributed by atoms with Crippen LogP contribution in [0.25, 0.3) is 0 Å². The van der Waals surface area contributed by atoms with E-state index < -0.39 is 5.97 Å². The molecule has 1 aromatic heterocycles. The van der Waals surface area contributed by atoms with Crippen LogP contribution < -0.4 is 5.32 Å². The van der Waals surface area contributed by atoms with Crippen LogP contribution >= 0.6 is 0 Å². The smallest absolute Gasteiger partial charge is 0.358 e. The number of methoxy groups -OCH3 is 2. The van der Waals surface area contributed by atoms with Crippen molar-refractivity contribution in [2.24, 2.45) is 0 Å². The highest BCUT2D eigenvalue weighted by atomic mass is 16.5. The molecule has 1 N–H and O–H groups in total.